The van der Waals surface area contributed by atoms with Gasteiger partial charge in [0.2, 0.25) is 0 Å². The molecule has 0 radical (unpaired) electrons. The molecule has 0 aromatic carbocycles. The van der Waals surface area contributed by atoms with Gasteiger partial charge in [-0.1, -0.05) is 0 Å². The summed E-state index contributed by atoms with van der Waals surface area (Å²) in [4.78, 5) is 4.69. The van der Waals surface area contributed by atoms with E-state index in [0.29, 0.717) is 6.04 Å². The SMILES string of the molecule is C1COCCN1.CC(C)(C)N.CN1CCCNCC1.CN1CCNCC1.NC1CC1. The third kappa shape index (κ3) is 29.9. The van der Waals surface area contributed by atoms with Crippen LogP contribution in [0.5, 0.6) is 0 Å². The first-order valence-electron chi connectivity index (χ1n) is 11.8. The Kier molecular flexibility index (Phi) is 19.2. The van der Waals surface area contributed by atoms with Crippen molar-refractivity contribution in [2.45, 2.75) is 51.6 Å². The van der Waals surface area contributed by atoms with Crippen LogP contribution in [-0.4, -0.2) is 114 Å². The first kappa shape index (κ1) is 29.7. The Balaban J connectivity index is 0.000000357. The smallest absolute Gasteiger partial charge is 0.0591 e. The van der Waals surface area contributed by atoms with E-state index >= 15 is 0 Å². The quantitative estimate of drug-likeness (QED) is 0.362. The number of rotatable bonds is 0. The van der Waals surface area contributed by atoms with Gasteiger partial charge >= 0.3 is 0 Å². The molecule has 0 unspecified atom stereocenters. The van der Waals surface area contributed by atoms with Crippen LogP contribution < -0.4 is 27.4 Å². The molecule has 4 aliphatic rings. The van der Waals surface area contributed by atoms with E-state index in [9.17, 15) is 0 Å². The molecule has 7 N–H and O–H groups in total. The molecule has 3 aliphatic heterocycles. The Labute approximate surface area is 186 Å². The van der Waals surface area contributed by atoms with Crippen LogP contribution >= 0.6 is 0 Å². The first-order valence-corrected chi connectivity index (χ1v) is 11.8. The highest BCUT2D eigenvalue weighted by Gasteiger charge is 2.13. The number of nitrogens with two attached hydrogens (primary N) is 2. The van der Waals surface area contributed by atoms with Gasteiger partial charge in [-0.2, -0.15) is 0 Å². The maximum absolute atomic E-state index is 5.35. The number of nitrogens with one attached hydrogen (secondary N) is 3. The lowest BCUT2D eigenvalue weighted by Gasteiger charge is -2.21. The fourth-order valence-electron chi connectivity index (χ4n) is 2.37. The summed E-state index contributed by atoms with van der Waals surface area (Å²) in [5, 5.41) is 9.77. The molecule has 4 rings (SSSR count). The van der Waals surface area contributed by atoms with Gasteiger partial charge in [0.05, 0.1) is 13.2 Å². The average molecular weight is 432 g/mol. The second kappa shape index (κ2) is 19.4. The van der Waals surface area contributed by atoms with E-state index in [1.807, 2.05) is 20.8 Å². The maximum atomic E-state index is 5.35. The van der Waals surface area contributed by atoms with Crippen LogP contribution in [0.25, 0.3) is 0 Å². The fraction of sp³-hybridized carbons (Fsp3) is 1.00. The number of morpholine rings is 1. The topological polar surface area (TPSA) is 104 Å². The third-order valence-corrected chi connectivity index (χ3v) is 4.37. The van der Waals surface area contributed by atoms with E-state index < -0.39 is 0 Å². The summed E-state index contributed by atoms with van der Waals surface area (Å²) in [6.45, 7) is 19.3. The van der Waals surface area contributed by atoms with Crippen molar-refractivity contribution in [1.29, 1.82) is 0 Å². The molecule has 1 aliphatic carbocycles. The van der Waals surface area contributed by atoms with Gasteiger partial charge in [0, 0.05) is 63.9 Å². The molecule has 0 aromatic rings. The summed E-state index contributed by atoms with van der Waals surface area (Å²) < 4.78 is 5.01. The summed E-state index contributed by atoms with van der Waals surface area (Å²) in [5.74, 6) is 0. The van der Waals surface area contributed by atoms with Gasteiger partial charge in [-0.25, -0.2) is 0 Å². The van der Waals surface area contributed by atoms with Gasteiger partial charge in [0.15, 0.2) is 0 Å². The summed E-state index contributed by atoms with van der Waals surface area (Å²) in [6, 6.07) is 0.583. The van der Waals surface area contributed by atoms with E-state index in [0.717, 1.165) is 45.9 Å². The lowest BCUT2D eigenvalue weighted by Crippen LogP contribution is -2.40. The first-order chi connectivity index (χ1) is 14.2. The Morgan fingerprint density at radius 1 is 0.733 bits per heavy atom. The lowest BCUT2D eigenvalue weighted by atomic mass is 10.1. The molecule has 0 bridgehead atoms. The van der Waals surface area contributed by atoms with E-state index in [-0.39, 0.29) is 5.54 Å². The predicted octanol–water partition coefficient (Wildman–Crippen LogP) is -0.110. The highest BCUT2D eigenvalue weighted by molar-refractivity contribution is 4.75. The van der Waals surface area contributed by atoms with Crippen molar-refractivity contribution in [2.75, 3.05) is 92.8 Å². The Morgan fingerprint density at radius 3 is 1.40 bits per heavy atom. The highest BCUT2D eigenvalue weighted by atomic mass is 16.5. The molecule has 182 valence electrons. The van der Waals surface area contributed by atoms with Crippen LogP contribution in [0.3, 0.4) is 0 Å². The molecule has 4 fully saturated rings. The molecule has 0 amide bonds. The molecule has 1 saturated carbocycles. The number of likely N-dealkylation sites (N-methyl/N-ethyl adjacent to an activating group) is 2. The highest BCUT2D eigenvalue weighted by Crippen LogP contribution is 2.13. The van der Waals surface area contributed by atoms with Gasteiger partial charge in [0.25, 0.3) is 0 Å². The van der Waals surface area contributed by atoms with E-state index in [1.54, 1.807) is 0 Å². The molecule has 0 atom stereocenters. The van der Waals surface area contributed by atoms with Gasteiger partial charge in [-0.15, -0.1) is 0 Å². The van der Waals surface area contributed by atoms with Crippen molar-refractivity contribution in [2.24, 2.45) is 11.5 Å². The van der Waals surface area contributed by atoms with Crippen LogP contribution in [0.15, 0.2) is 0 Å². The van der Waals surface area contributed by atoms with Gasteiger partial charge < -0.3 is 42.0 Å². The molecule has 0 aromatic heterocycles. The van der Waals surface area contributed by atoms with E-state index in [4.69, 9.17) is 16.2 Å². The number of ether oxygens (including phenoxy) is 1. The largest absolute Gasteiger partial charge is 0.379 e. The normalized spacial score (nSPS) is 22.9. The standard InChI is InChI=1S/C6H14N2.C5H12N2.C4H9NO.C4H11N.C3H7N/c1-8-5-2-3-7-4-6-8;1-7-4-2-6-3-5-7;1-3-6-4-2-5-1;1-4(2,3)5;4-3-1-2-3/h7H,2-6H2,1H3;6H,2-5H2,1H3;5H,1-4H2;5H2,1-3H3;3H,1-2,4H2. The van der Waals surface area contributed by atoms with Crippen molar-refractivity contribution < 1.29 is 4.74 Å². The second-order valence-electron chi connectivity index (χ2n) is 9.53. The average Bonchev–Trinajstić information content (AvgIpc) is 3.52. The van der Waals surface area contributed by atoms with Crippen LogP contribution in [0.1, 0.15) is 40.0 Å². The molecule has 8 nitrogen and oxygen atoms in total. The lowest BCUT2D eigenvalue weighted by molar-refractivity contribution is 0.109. The molecular formula is C22H53N7O. The zero-order valence-corrected chi connectivity index (χ0v) is 20.6. The Hall–Kier alpha value is -0.320. The van der Waals surface area contributed by atoms with Gasteiger partial charge in [0.1, 0.15) is 0 Å². The molecule has 8 heteroatoms. The molecule has 3 heterocycles. The minimum atomic E-state index is 0. The van der Waals surface area contributed by atoms with Gasteiger partial charge in [-0.05, 0) is 67.2 Å². The van der Waals surface area contributed by atoms with Gasteiger partial charge in [-0.3, -0.25) is 0 Å². The second-order valence-corrected chi connectivity index (χ2v) is 9.53. The van der Waals surface area contributed by atoms with Crippen LogP contribution in [0.2, 0.25) is 0 Å². The summed E-state index contributed by atoms with van der Waals surface area (Å²) in [5.41, 5.74) is 10.6. The van der Waals surface area contributed by atoms with Crippen molar-refractivity contribution in [1.82, 2.24) is 25.8 Å². The van der Waals surface area contributed by atoms with E-state index in [1.165, 1.54) is 52.0 Å². The summed E-state index contributed by atoms with van der Waals surface area (Å²) in [7, 11) is 4.33. The maximum Gasteiger partial charge on any atom is 0.0591 e. The monoisotopic (exact) mass is 431 g/mol. The number of piperazine rings is 1. The fourth-order valence-corrected chi connectivity index (χ4v) is 2.37. The zero-order chi connectivity index (χ0) is 22.7. The molecule has 30 heavy (non-hydrogen) atoms. The molecule has 3 saturated heterocycles. The Bertz CT molecular complexity index is 326. The van der Waals surface area contributed by atoms with Crippen LogP contribution in [0.4, 0.5) is 0 Å². The molecular weight excluding hydrogens is 378 g/mol. The van der Waals surface area contributed by atoms with Crippen molar-refractivity contribution in [3.63, 3.8) is 0 Å². The summed E-state index contributed by atoms with van der Waals surface area (Å²) >= 11 is 0. The van der Waals surface area contributed by atoms with Crippen LogP contribution in [-0.2, 0) is 4.74 Å². The third-order valence-electron chi connectivity index (χ3n) is 4.37. The number of hydrogen-bond donors (Lipinski definition) is 5. The van der Waals surface area contributed by atoms with E-state index in [2.05, 4.69) is 39.8 Å². The molecule has 0 spiro atoms. The minimum Gasteiger partial charge on any atom is -0.379 e. The van der Waals surface area contributed by atoms with Crippen LogP contribution in [0, 0.1) is 0 Å². The summed E-state index contributed by atoms with van der Waals surface area (Å²) in [6.07, 6.45) is 3.83. The van der Waals surface area contributed by atoms with Crippen molar-refractivity contribution in [3.05, 3.63) is 0 Å². The zero-order valence-electron chi connectivity index (χ0n) is 20.6. The van der Waals surface area contributed by atoms with Crippen molar-refractivity contribution >= 4 is 0 Å². The number of hydrogen-bond acceptors (Lipinski definition) is 8. The van der Waals surface area contributed by atoms with Crippen molar-refractivity contribution in [3.8, 4) is 0 Å². The predicted molar refractivity (Wildman–Crippen MR) is 130 cm³/mol. The number of nitrogens with zero attached hydrogens (tertiary/aromatic N) is 2. The Morgan fingerprint density at radius 2 is 1.10 bits per heavy atom. The minimum absolute atomic E-state index is 0.